The van der Waals surface area contributed by atoms with Crippen molar-refractivity contribution in [3.63, 3.8) is 0 Å². The van der Waals surface area contributed by atoms with E-state index < -0.39 is 11.1 Å². The summed E-state index contributed by atoms with van der Waals surface area (Å²) in [4.78, 5) is 13.5. The van der Waals surface area contributed by atoms with Gasteiger partial charge in [-0.2, -0.15) is 0 Å². The standard InChI is InChI=1S/C11H22N2O3/c1-10(2,3)16-9(14)13(4)11(7-12)5-6-15-8-11/h5-8,12H2,1-4H3. The lowest BCUT2D eigenvalue weighted by Gasteiger charge is -2.37. The van der Waals surface area contributed by atoms with Gasteiger partial charge in [0.05, 0.1) is 12.1 Å². The lowest BCUT2D eigenvalue weighted by atomic mass is 9.97. The van der Waals surface area contributed by atoms with Gasteiger partial charge in [0, 0.05) is 20.2 Å². The van der Waals surface area contributed by atoms with Gasteiger partial charge in [-0.1, -0.05) is 0 Å². The molecule has 0 aromatic rings. The molecule has 0 spiro atoms. The molecule has 0 bridgehead atoms. The minimum atomic E-state index is -0.486. The molecule has 2 N–H and O–H groups in total. The van der Waals surface area contributed by atoms with Crippen LogP contribution >= 0.6 is 0 Å². The van der Waals surface area contributed by atoms with Crippen LogP contribution in [0.25, 0.3) is 0 Å². The van der Waals surface area contributed by atoms with Gasteiger partial charge in [0.1, 0.15) is 5.60 Å². The smallest absolute Gasteiger partial charge is 0.410 e. The van der Waals surface area contributed by atoms with Crippen molar-refractivity contribution < 1.29 is 14.3 Å². The van der Waals surface area contributed by atoms with Crippen LogP contribution in [0.2, 0.25) is 0 Å². The minimum Gasteiger partial charge on any atom is -0.444 e. The first kappa shape index (κ1) is 13.3. The second-order valence-electron chi connectivity index (χ2n) is 5.27. The summed E-state index contributed by atoms with van der Waals surface area (Å²) in [6.07, 6.45) is 0.419. The highest BCUT2D eigenvalue weighted by molar-refractivity contribution is 5.69. The molecule has 5 heteroatoms. The SMILES string of the molecule is CN(C(=O)OC(C)(C)C)C1(CN)CCOC1. The van der Waals surface area contributed by atoms with Crippen molar-refractivity contribution in [3.05, 3.63) is 0 Å². The zero-order valence-corrected chi connectivity index (χ0v) is 10.6. The van der Waals surface area contributed by atoms with E-state index in [0.717, 1.165) is 6.42 Å². The van der Waals surface area contributed by atoms with Crippen LogP contribution in [0.5, 0.6) is 0 Å². The van der Waals surface area contributed by atoms with Crippen LogP contribution in [0.1, 0.15) is 27.2 Å². The number of carbonyl (C=O) groups excluding carboxylic acids is 1. The van der Waals surface area contributed by atoms with Crippen LogP contribution in [0.15, 0.2) is 0 Å². The van der Waals surface area contributed by atoms with Crippen molar-refractivity contribution in [1.82, 2.24) is 4.90 Å². The van der Waals surface area contributed by atoms with Gasteiger partial charge in [-0.25, -0.2) is 4.79 Å². The Labute approximate surface area is 96.9 Å². The quantitative estimate of drug-likeness (QED) is 0.767. The second-order valence-corrected chi connectivity index (χ2v) is 5.27. The lowest BCUT2D eigenvalue weighted by Crippen LogP contribution is -2.56. The van der Waals surface area contributed by atoms with E-state index in [9.17, 15) is 4.79 Å². The summed E-state index contributed by atoms with van der Waals surface area (Å²) in [7, 11) is 1.72. The fourth-order valence-corrected chi connectivity index (χ4v) is 1.68. The molecular formula is C11H22N2O3. The first-order valence-electron chi connectivity index (χ1n) is 5.55. The number of amides is 1. The van der Waals surface area contributed by atoms with E-state index >= 15 is 0 Å². The molecule has 0 aromatic heterocycles. The molecule has 1 aliphatic rings. The maximum Gasteiger partial charge on any atom is 0.410 e. The molecule has 1 amide bonds. The van der Waals surface area contributed by atoms with Crippen molar-refractivity contribution in [2.45, 2.75) is 38.3 Å². The van der Waals surface area contributed by atoms with Crippen LogP contribution in [0.4, 0.5) is 4.79 Å². The topological polar surface area (TPSA) is 64.8 Å². The van der Waals surface area contributed by atoms with Gasteiger partial charge >= 0.3 is 6.09 Å². The summed E-state index contributed by atoms with van der Waals surface area (Å²) in [5.74, 6) is 0. The fraction of sp³-hybridized carbons (Fsp3) is 0.909. The highest BCUT2D eigenvalue weighted by atomic mass is 16.6. The van der Waals surface area contributed by atoms with Crippen molar-refractivity contribution >= 4 is 6.09 Å². The Morgan fingerprint density at radius 3 is 2.56 bits per heavy atom. The van der Waals surface area contributed by atoms with Crippen molar-refractivity contribution in [2.75, 3.05) is 26.8 Å². The van der Waals surface area contributed by atoms with Gasteiger partial charge in [-0.15, -0.1) is 0 Å². The predicted molar refractivity (Wildman–Crippen MR) is 61.2 cm³/mol. The number of carbonyl (C=O) groups is 1. The molecule has 94 valence electrons. The number of rotatable bonds is 2. The minimum absolute atomic E-state index is 0.344. The molecule has 0 aliphatic carbocycles. The van der Waals surface area contributed by atoms with Gasteiger partial charge in [0.15, 0.2) is 0 Å². The predicted octanol–water partition coefficient (Wildman–Crippen LogP) is 0.971. The van der Waals surface area contributed by atoms with Crippen LogP contribution in [0, 0.1) is 0 Å². The summed E-state index contributed by atoms with van der Waals surface area (Å²) in [6.45, 7) is 7.06. The summed E-state index contributed by atoms with van der Waals surface area (Å²) >= 11 is 0. The molecular weight excluding hydrogens is 208 g/mol. The molecule has 1 atom stereocenters. The Morgan fingerprint density at radius 1 is 1.56 bits per heavy atom. The molecule has 1 unspecified atom stereocenters. The summed E-state index contributed by atoms with van der Waals surface area (Å²) in [5, 5.41) is 0. The number of nitrogens with zero attached hydrogens (tertiary/aromatic N) is 1. The summed E-state index contributed by atoms with van der Waals surface area (Å²) < 4.78 is 10.6. The van der Waals surface area contributed by atoms with Gasteiger partial charge in [-0.05, 0) is 27.2 Å². The van der Waals surface area contributed by atoms with Gasteiger partial charge in [0.2, 0.25) is 0 Å². The zero-order valence-electron chi connectivity index (χ0n) is 10.6. The van der Waals surface area contributed by atoms with Crippen LogP contribution in [0.3, 0.4) is 0 Å². The number of hydrogen-bond acceptors (Lipinski definition) is 4. The first-order valence-corrected chi connectivity index (χ1v) is 5.55. The molecule has 16 heavy (non-hydrogen) atoms. The molecule has 0 aromatic carbocycles. The third-order valence-electron chi connectivity index (χ3n) is 2.84. The lowest BCUT2D eigenvalue weighted by molar-refractivity contribution is 0.00399. The Balaban J connectivity index is 2.68. The largest absolute Gasteiger partial charge is 0.444 e. The Bertz CT molecular complexity index is 254. The molecule has 1 rings (SSSR count). The highest BCUT2D eigenvalue weighted by Crippen LogP contribution is 2.25. The summed E-state index contributed by atoms with van der Waals surface area (Å²) in [6, 6.07) is 0. The van der Waals surface area contributed by atoms with Crippen molar-refractivity contribution in [3.8, 4) is 0 Å². The maximum absolute atomic E-state index is 11.9. The number of likely N-dealkylation sites (N-methyl/N-ethyl adjacent to an activating group) is 1. The first-order chi connectivity index (χ1) is 7.31. The van der Waals surface area contributed by atoms with E-state index in [1.165, 1.54) is 0 Å². The third kappa shape index (κ3) is 2.86. The summed E-state index contributed by atoms with van der Waals surface area (Å²) in [5.41, 5.74) is 4.86. The van der Waals surface area contributed by atoms with Gasteiger partial charge < -0.3 is 20.1 Å². The molecule has 1 saturated heterocycles. The van der Waals surface area contributed by atoms with E-state index in [4.69, 9.17) is 15.2 Å². The fourth-order valence-electron chi connectivity index (χ4n) is 1.68. The average Bonchev–Trinajstić information content (AvgIpc) is 2.63. The van der Waals surface area contributed by atoms with Crippen molar-refractivity contribution in [1.29, 1.82) is 0 Å². The number of hydrogen-bond donors (Lipinski definition) is 1. The molecule has 0 saturated carbocycles. The van der Waals surface area contributed by atoms with Crippen LogP contribution in [-0.4, -0.2) is 48.9 Å². The van der Waals surface area contributed by atoms with Gasteiger partial charge in [0.25, 0.3) is 0 Å². The Kier molecular flexibility index (Phi) is 3.80. The Hall–Kier alpha value is -0.810. The average molecular weight is 230 g/mol. The van der Waals surface area contributed by atoms with E-state index in [1.54, 1.807) is 11.9 Å². The van der Waals surface area contributed by atoms with E-state index in [-0.39, 0.29) is 6.09 Å². The molecule has 1 aliphatic heterocycles. The number of nitrogens with two attached hydrogens (primary N) is 1. The molecule has 1 heterocycles. The zero-order chi connectivity index (χ0) is 12.4. The second kappa shape index (κ2) is 4.59. The van der Waals surface area contributed by atoms with E-state index in [0.29, 0.717) is 19.8 Å². The Morgan fingerprint density at radius 2 is 2.19 bits per heavy atom. The normalized spacial score (nSPS) is 25.6. The molecule has 1 fully saturated rings. The molecule has 5 nitrogen and oxygen atoms in total. The maximum atomic E-state index is 11.9. The third-order valence-corrected chi connectivity index (χ3v) is 2.84. The van der Waals surface area contributed by atoms with E-state index in [2.05, 4.69) is 0 Å². The van der Waals surface area contributed by atoms with Gasteiger partial charge in [-0.3, -0.25) is 0 Å². The van der Waals surface area contributed by atoms with Crippen LogP contribution in [-0.2, 0) is 9.47 Å². The number of ether oxygens (including phenoxy) is 2. The highest BCUT2D eigenvalue weighted by Gasteiger charge is 2.41. The molecule has 0 radical (unpaired) electrons. The van der Waals surface area contributed by atoms with E-state index in [1.807, 2.05) is 20.8 Å². The monoisotopic (exact) mass is 230 g/mol. The van der Waals surface area contributed by atoms with Crippen LogP contribution < -0.4 is 5.73 Å². The van der Waals surface area contributed by atoms with Crippen molar-refractivity contribution in [2.24, 2.45) is 5.73 Å².